The first-order chi connectivity index (χ1) is 7.72. The Labute approximate surface area is 95.9 Å². The number of hydrogen-bond acceptors (Lipinski definition) is 3. The molecule has 0 spiro atoms. The van der Waals surface area contributed by atoms with Crippen LogP contribution in [0.5, 0.6) is 0 Å². The number of rotatable bonds is 4. The largest absolute Gasteiger partial charge is 0.481 e. The molecule has 0 bridgehead atoms. The van der Waals surface area contributed by atoms with Crippen LogP contribution in [-0.2, 0) is 14.3 Å². The normalized spacial score (nSPS) is 35.7. The summed E-state index contributed by atoms with van der Waals surface area (Å²) in [7, 11) is 1.63. The number of methoxy groups -OCH3 is 1. The maximum absolute atomic E-state index is 11.2. The van der Waals surface area contributed by atoms with Crippen molar-refractivity contribution in [1.82, 2.24) is 0 Å². The van der Waals surface area contributed by atoms with E-state index in [-0.39, 0.29) is 18.1 Å². The summed E-state index contributed by atoms with van der Waals surface area (Å²) in [5.74, 6) is -0.596. The zero-order valence-electron chi connectivity index (χ0n) is 9.72. The summed E-state index contributed by atoms with van der Waals surface area (Å²) in [4.78, 5) is 11.2. The molecule has 1 aliphatic heterocycles. The van der Waals surface area contributed by atoms with Crippen molar-refractivity contribution in [1.29, 1.82) is 0 Å². The zero-order valence-corrected chi connectivity index (χ0v) is 9.72. The average Bonchev–Trinajstić information content (AvgIpc) is 2.83. The minimum Gasteiger partial charge on any atom is -0.481 e. The molecule has 1 heterocycles. The molecule has 1 N–H and O–H groups in total. The highest BCUT2D eigenvalue weighted by Gasteiger charge is 2.44. The third-order valence-corrected chi connectivity index (χ3v) is 3.80. The molecule has 0 aromatic heterocycles. The lowest BCUT2D eigenvalue weighted by Gasteiger charge is -2.22. The highest BCUT2D eigenvalue weighted by Crippen LogP contribution is 2.39. The van der Waals surface area contributed by atoms with Gasteiger partial charge in [-0.1, -0.05) is 12.8 Å². The molecule has 0 amide bonds. The van der Waals surface area contributed by atoms with E-state index in [1.54, 1.807) is 7.11 Å². The van der Waals surface area contributed by atoms with Gasteiger partial charge < -0.3 is 14.6 Å². The minimum atomic E-state index is -0.712. The Morgan fingerprint density at radius 1 is 1.44 bits per heavy atom. The van der Waals surface area contributed by atoms with Gasteiger partial charge in [0.05, 0.1) is 24.7 Å². The second-order valence-corrected chi connectivity index (χ2v) is 4.90. The van der Waals surface area contributed by atoms with Crippen LogP contribution >= 0.6 is 0 Å². The van der Waals surface area contributed by atoms with Gasteiger partial charge in [0, 0.05) is 7.11 Å². The molecule has 1 saturated carbocycles. The number of aliphatic carboxylic acids is 1. The Bertz CT molecular complexity index is 247. The fraction of sp³-hybridized carbons (Fsp3) is 0.917. The van der Waals surface area contributed by atoms with Crippen molar-refractivity contribution in [2.75, 3.05) is 13.7 Å². The molecule has 0 aromatic carbocycles. The molecule has 3 unspecified atom stereocenters. The lowest BCUT2D eigenvalue weighted by molar-refractivity contribution is -0.144. The van der Waals surface area contributed by atoms with E-state index < -0.39 is 5.97 Å². The Hall–Kier alpha value is -0.610. The quantitative estimate of drug-likeness (QED) is 0.795. The van der Waals surface area contributed by atoms with Gasteiger partial charge in [0.25, 0.3) is 0 Å². The van der Waals surface area contributed by atoms with E-state index in [1.807, 2.05) is 0 Å². The number of carbonyl (C=O) groups is 1. The molecular weight excluding hydrogens is 208 g/mol. The lowest BCUT2D eigenvalue weighted by atomic mass is 9.89. The first-order valence-corrected chi connectivity index (χ1v) is 6.09. The summed E-state index contributed by atoms with van der Waals surface area (Å²) in [5, 5.41) is 9.21. The molecule has 3 atom stereocenters. The van der Waals surface area contributed by atoms with E-state index in [9.17, 15) is 9.90 Å². The summed E-state index contributed by atoms with van der Waals surface area (Å²) >= 11 is 0. The van der Waals surface area contributed by atoms with Gasteiger partial charge in [0.2, 0.25) is 0 Å². The molecular formula is C12H20O4. The number of hydrogen-bond donors (Lipinski definition) is 1. The zero-order chi connectivity index (χ0) is 11.5. The second-order valence-electron chi connectivity index (χ2n) is 4.90. The smallest absolute Gasteiger partial charge is 0.309 e. The van der Waals surface area contributed by atoms with Gasteiger partial charge in [-0.3, -0.25) is 4.79 Å². The fourth-order valence-corrected chi connectivity index (χ4v) is 3.05. The maximum atomic E-state index is 11.2. The number of carboxylic acid groups (broad SMARTS) is 1. The summed E-state index contributed by atoms with van der Waals surface area (Å²) in [6, 6.07) is 0. The van der Waals surface area contributed by atoms with E-state index in [4.69, 9.17) is 9.47 Å². The van der Waals surface area contributed by atoms with Crippen LogP contribution in [0, 0.1) is 11.8 Å². The van der Waals surface area contributed by atoms with Crippen molar-refractivity contribution >= 4 is 5.97 Å². The molecule has 4 nitrogen and oxygen atoms in total. The molecule has 92 valence electrons. The summed E-state index contributed by atoms with van der Waals surface area (Å²) in [5.41, 5.74) is 0. The summed E-state index contributed by atoms with van der Waals surface area (Å²) in [6.45, 7) is 0.507. The van der Waals surface area contributed by atoms with Crippen LogP contribution in [0.3, 0.4) is 0 Å². The van der Waals surface area contributed by atoms with Crippen molar-refractivity contribution in [3.63, 3.8) is 0 Å². The van der Waals surface area contributed by atoms with Crippen molar-refractivity contribution in [2.45, 2.75) is 44.3 Å². The van der Waals surface area contributed by atoms with E-state index in [0.717, 1.165) is 12.8 Å². The van der Waals surface area contributed by atoms with Gasteiger partial charge in [-0.2, -0.15) is 0 Å². The predicted molar refractivity (Wildman–Crippen MR) is 58.2 cm³/mol. The van der Waals surface area contributed by atoms with E-state index in [2.05, 4.69) is 0 Å². The SMILES string of the molecule is COCC1CC(C(=O)O)C(C2CCCC2)O1. The Morgan fingerprint density at radius 3 is 2.69 bits per heavy atom. The van der Waals surface area contributed by atoms with E-state index >= 15 is 0 Å². The highest BCUT2D eigenvalue weighted by molar-refractivity contribution is 5.71. The van der Waals surface area contributed by atoms with Crippen LogP contribution in [0.15, 0.2) is 0 Å². The van der Waals surface area contributed by atoms with Crippen molar-refractivity contribution in [2.24, 2.45) is 11.8 Å². The Morgan fingerprint density at radius 2 is 2.12 bits per heavy atom. The monoisotopic (exact) mass is 228 g/mol. The number of ether oxygens (including phenoxy) is 2. The Balaban J connectivity index is 2.00. The first kappa shape index (κ1) is 11.9. The third kappa shape index (κ3) is 2.38. The molecule has 0 aromatic rings. The average molecular weight is 228 g/mol. The van der Waals surface area contributed by atoms with Gasteiger partial charge in [-0.05, 0) is 25.2 Å². The standard InChI is InChI=1S/C12H20O4/c1-15-7-9-6-10(12(13)14)11(16-9)8-4-2-3-5-8/h8-11H,2-7H2,1H3,(H,13,14). The van der Waals surface area contributed by atoms with Crippen LogP contribution in [0.4, 0.5) is 0 Å². The van der Waals surface area contributed by atoms with Crippen LogP contribution in [0.25, 0.3) is 0 Å². The maximum Gasteiger partial charge on any atom is 0.309 e. The fourth-order valence-electron chi connectivity index (χ4n) is 3.05. The van der Waals surface area contributed by atoms with Crippen molar-refractivity contribution in [3.05, 3.63) is 0 Å². The van der Waals surface area contributed by atoms with Crippen molar-refractivity contribution in [3.8, 4) is 0 Å². The van der Waals surface area contributed by atoms with Gasteiger partial charge >= 0.3 is 5.97 Å². The van der Waals surface area contributed by atoms with Gasteiger partial charge in [0.1, 0.15) is 0 Å². The van der Waals surface area contributed by atoms with E-state index in [0.29, 0.717) is 18.9 Å². The van der Waals surface area contributed by atoms with E-state index in [1.165, 1.54) is 12.8 Å². The van der Waals surface area contributed by atoms with Crippen LogP contribution < -0.4 is 0 Å². The highest BCUT2D eigenvalue weighted by atomic mass is 16.5. The minimum absolute atomic E-state index is 0.0308. The van der Waals surface area contributed by atoms with Crippen LogP contribution in [-0.4, -0.2) is 37.0 Å². The molecule has 2 rings (SSSR count). The van der Waals surface area contributed by atoms with Gasteiger partial charge in [0.15, 0.2) is 0 Å². The Kier molecular flexibility index (Phi) is 3.82. The molecule has 0 radical (unpaired) electrons. The molecule has 1 aliphatic carbocycles. The third-order valence-electron chi connectivity index (χ3n) is 3.80. The number of carboxylic acids is 1. The summed E-state index contributed by atoms with van der Waals surface area (Å²) < 4.78 is 10.9. The van der Waals surface area contributed by atoms with Crippen LogP contribution in [0.2, 0.25) is 0 Å². The van der Waals surface area contributed by atoms with Crippen LogP contribution in [0.1, 0.15) is 32.1 Å². The lowest BCUT2D eigenvalue weighted by Crippen LogP contribution is -2.30. The first-order valence-electron chi connectivity index (χ1n) is 6.09. The van der Waals surface area contributed by atoms with Gasteiger partial charge in [-0.25, -0.2) is 0 Å². The predicted octanol–water partition coefficient (Wildman–Crippen LogP) is 1.68. The molecule has 1 saturated heterocycles. The topological polar surface area (TPSA) is 55.8 Å². The second kappa shape index (κ2) is 5.15. The summed E-state index contributed by atoms with van der Waals surface area (Å²) in [6.07, 6.45) is 5.15. The van der Waals surface area contributed by atoms with Gasteiger partial charge in [-0.15, -0.1) is 0 Å². The molecule has 4 heteroatoms. The molecule has 16 heavy (non-hydrogen) atoms. The molecule has 2 fully saturated rings. The molecule has 2 aliphatic rings. The van der Waals surface area contributed by atoms with Crippen molar-refractivity contribution < 1.29 is 19.4 Å².